The second kappa shape index (κ2) is 5.21. The fourth-order valence-electron chi connectivity index (χ4n) is 2.68. The lowest BCUT2D eigenvalue weighted by molar-refractivity contribution is -0.133. The molecule has 1 atom stereocenters. The summed E-state index contributed by atoms with van der Waals surface area (Å²) in [7, 11) is 0. The molecule has 0 aromatic carbocycles. The fraction of sp³-hybridized carbons (Fsp3) is 0.909. The van der Waals surface area contributed by atoms with Gasteiger partial charge in [0.25, 0.3) is 0 Å². The molecule has 4 heteroatoms. The molecular weight excluding hydrogens is 208 g/mol. The second-order valence-corrected chi connectivity index (χ2v) is 5.53. The minimum absolute atomic E-state index is 0.291. The fourth-order valence-corrected chi connectivity index (χ4v) is 3.69. The van der Waals surface area contributed by atoms with E-state index in [1.165, 1.54) is 32.1 Å². The van der Waals surface area contributed by atoms with Crippen LogP contribution >= 0.6 is 11.8 Å². The van der Waals surface area contributed by atoms with E-state index in [4.69, 9.17) is 5.73 Å². The molecule has 3 nitrogen and oxygen atoms in total. The van der Waals surface area contributed by atoms with Gasteiger partial charge in [-0.1, -0.05) is 19.3 Å². The van der Waals surface area contributed by atoms with Gasteiger partial charge in [-0.25, -0.2) is 0 Å². The van der Waals surface area contributed by atoms with Crippen LogP contribution in [0.3, 0.4) is 0 Å². The van der Waals surface area contributed by atoms with Crippen molar-refractivity contribution in [2.75, 3.05) is 18.1 Å². The number of nitrogens with two attached hydrogens (primary N) is 1. The van der Waals surface area contributed by atoms with Gasteiger partial charge in [-0.15, -0.1) is 11.8 Å². The van der Waals surface area contributed by atoms with Crippen LogP contribution in [0.5, 0.6) is 0 Å². The topological polar surface area (TPSA) is 46.3 Å². The Morgan fingerprint density at radius 2 is 2.07 bits per heavy atom. The van der Waals surface area contributed by atoms with Crippen molar-refractivity contribution in [3.63, 3.8) is 0 Å². The van der Waals surface area contributed by atoms with Crippen LogP contribution in [0, 0.1) is 0 Å². The number of amides is 1. The Kier molecular flexibility index (Phi) is 3.92. The molecule has 0 bridgehead atoms. The standard InChI is InChI=1S/C11H20N2OS/c12-6-10-7-15-8-11(14)13(10)9-4-2-1-3-5-9/h9-10H,1-8,12H2. The molecule has 1 aliphatic heterocycles. The van der Waals surface area contributed by atoms with Gasteiger partial charge in [-0.3, -0.25) is 4.79 Å². The maximum Gasteiger partial charge on any atom is 0.233 e. The van der Waals surface area contributed by atoms with E-state index in [0.717, 1.165) is 5.75 Å². The van der Waals surface area contributed by atoms with E-state index in [9.17, 15) is 4.79 Å². The Balaban J connectivity index is 2.03. The van der Waals surface area contributed by atoms with Crippen LogP contribution < -0.4 is 5.73 Å². The first kappa shape index (κ1) is 11.3. The number of hydrogen-bond acceptors (Lipinski definition) is 3. The first-order valence-electron chi connectivity index (χ1n) is 5.92. The summed E-state index contributed by atoms with van der Waals surface area (Å²) in [5.41, 5.74) is 5.76. The van der Waals surface area contributed by atoms with E-state index in [2.05, 4.69) is 4.90 Å². The number of carbonyl (C=O) groups excluding carboxylic acids is 1. The van der Waals surface area contributed by atoms with Crippen LogP contribution in [-0.2, 0) is 4.79 Å². The Morgan fingerprint density at radius 3 is 2.73 bits per heavy atom. The monoisotopic (exact) mass is 228 g/mol. The summed E-state index contributed by atoms with van der Waals surface area (Å²) in [4.78, 5) is 14.0. The van der Waals surface area contributed by atoms with Gasteiger partial charge in [0.2, 0.25) is 5.91 Å². The van der Waals surface area contributed by atoms with Crippen molar-refractivity contribution in [2.45, 2.75) is 44.2 Å². The molecule has 0 aromatic heterocycles. The zero-order valence-corrected chi connectivity index (χ0v) is 9.97. The van der Waals surface area contributed by atoms with Gasteiger partial charge < -0.3 is 10.6 Å². The highest BCUT2D eigenvalue weighted by atomic mass is 32.2. The van der Waals surface area contributed by atoms with Gasteiger partial charge in [0, 0.05) is 18.3 Å². The molecular formula is C11H20N2OS. The molecule has 2 fully saturated rings. The highest BCUT2D eigenvalue weighted by Gasteiger charge is 2.33. The maximum absolute atomic E-state index is 11.9. The lowest BCUT2D eigenvalue weighted by Crippen LogP contribution is -2.55. The van der Waals surface area contributed by atoms with Crippen molar-refractivity contribution in [1.29, 1.82) is 0 Å². The molecule has 0 aromatic rings. The van der Waals surface area contributed by atoms with E-state index in [-0.39, 0.29) is 0 Å². The zero-order valence-electron chi connectivity index (χ0n) is 9.15. The Morgan fingerprint density at radius 1 is 1.33 bits per heavy atom. The maximum atomic E-state index is 11.9. The second-order valence-electron chi connectivity index (χ2n) is 4.50. The molecule has 1 amide bonds. The highest BCUT2D eigenvalue weighted by Crippen LogP contribution is 2.28. The SMILES string of the molecule is NCC1CSCC(=O)N1C1CCCCC1. The van der Waals surface area contributed by atoms with Crippen molar-refractivity contribution in [3.8, 4) is 0 Å². The van der Waals surface area contributed by atoms with E-state index < -0.39 is 0 Å². The number of rotatable bonds is 2. The minimum Gasteiger partial charge on any atom is -0.334 e. The number of hydrogen-bond donors (Lipinski definition) is 1. The molecule has 2 rings (SSSR count). The molecule has 1 saturated heterocycles. The van der Waals surface area contributed by atoms with E-state index in [1.807, 2.05) is 0 Å². The molecule has 86 valence electrons. The molecule has 0 radical (unpaired) electrons. The lowest BCUT2D eigenvalue weighted by atomic mass is 9.93. The minimum atomic E-state index is 0.291. The smallest absolute Gasteiger partial charge is 0.233 e. The van der Waals surface area contributed by atoms with E-state index >= 15 is 0 Å². The van der Waals surface area contributed by atoms with Crippen LogP contribution in [0.15, 0.2) is 0 Å². The van der Waals surface area contributed by atoms with Crippen molar-refractivity contribution >= 4 is 17.7 Å². The van der Waals surface area contributed by atoms with Gasteiger partial charge in [-0.2, -0.15) is 0 Å². The predicted octanol–water partition coefficient (Wildman–Crippen LogP) is 1.22. The lowest BCUT2D eigenvalue weighted by Gasteiger charge is -2.42. The van der Waals surface area contributed by atoms with Crippen molar-refractivity contribution in [1.82, 2.24) is 4.90 Å². The predicted molar refractivity (Wildman–Crippen MR) is 63.9 cm³/mol. The van der Waals surface area contributed by atoms with Gasteiger partial charge in [0.15, 0.2) is 0 Å². The van der Waals surface area contributed by atoms with Crippen LogP contribution in [0.1, 0.15) is 32.1 Å². The van der Waals surface area contributed by atoms with Gasteiger partial charge in [0.1, 0.15) is 0 Å². The molecule has 1 heterocycles. The third kappa shape index (κ3) is 2.48. The number of thioether (sulfide) groups is 1. The van der Waals surface area contributed by atoms with Crippen molar-refractivity contribution in [3.05, 3.63) is 0 Å². The third-order valence-electron chi connectivity index (χ3n) is 3.46. The number of nitrogens with zero attached hydrogens (tertiary/aromatic N) is 1. The van der Waals surface area contributed by atoms with E-state index in [0.29, 0.717) is 30.3 Å². The largest absolute Gasteiger partial charge is 0.334 e. The van der Waals surface area contributed by atoms with Crippen LogP contribution in [0.25, 0.3) is 0 Å². The normalized spacial score (nSPS) is 29.5. The van der Waals surface area contributed by atoms with Crippen LogP contribution in [0.2, 0.25) is 0 Å². The summed E-state index contributed by atoms with van der Waals surface area (Å²) in [5, 5.41) is 0. The van der Waals surface area contributed by atoms with Crippen molar-refractivity contribution in [2.24, 2.45) is 5.73 Å². The molecule has 1 aliphatic carbocycles. The van der Waals surface area contributed by atoms with Crippen LogP contribution in [0.4, 0.5) is 0 Å². The van der Waals surface area contributed by atoms with Gasteiger partial charge in [0.05, 0.1) is 11.8 Å². The zero-order chi connectivity index (χ0) is 10.7. The Hall–Kier alpha value is -0.220. The number of carbonyl (C=O) groups is 1. The molecule has 1 unspecified atom stereocenters. The Bertz CT molecular complexity index is 229. The summed E-state index contributed by atoms with van der Waals surface area (Å²) < 4.78 is 0. The Labute approximate surface area is 95.8 Å². The summed E-state index contributed by atoms with van der Waals surface area (Å²) in [6.07, 6.45) is 6.26. The summed E-state index contributed by atoms with van der Waals surface area (Å²) in [6.45, 7) is 0.620. The third-order valence-corrected chi connectivity index (χ3v) is 4.53. The van der Waals surface area contributed by atoms with E-state index in [1.54, 1.807) is 11.8 Å². The quantitative estimate of drug-likeness (QED) is 0.773. The molecule has 2 aliphatic rings. The average Bonchev–Trinajstić information content (AvgIpc) is 2.29. The molecule has 15 heavy (non-hydrogen) atoms. The van der Waals surface area contributed by atoms with Crippen LogP contribution in [-0.4, -0.2) is 40.9 Å². The molecule has 1 saturated carbocycles. The highest BCUT2D eigenvalue weighted by molar-refractivity contribution is 8.00. The van der Waals surface area contributed by atoms with Gasteiger partial charge >= 0.3 is 0 Å². The average molecular weight is 228 g/mol. The van der Waals surface area contributed by atoms with Gasteiger partial charge in [-0.05, 0) is 12.8 Å². The van der Waals surface area contributed by atoms with Crippen molar-refractivity contribution < 1.29 is 4.79 Å². The first-order valence-corrected chi connectivity index (χ1v) is 7.07. The summed E-state index contributed by atoms with van der Waals surface area (Å²) in [5.74, 6) is 2.00. The summed E-state index contributed by atoms with van der Waals surface area (Å²) in [6, 6.07) is 0.778. The molecule has 2 N–H and O–H groups in total. The first-order chi connectivity index (χ1) is 7.33. The molecule has 0 spiro atoms. The summed E-state index contributed by atoms with van der Waals surface area (Å²) >= 11 is 1.73.